The third kappa shape index (κ3) is 8.28. The highest BCUT2D eigenvalue weighted by Gasteiger charge is 2.49. The number of carboxylic acid groups (broad SMARTS) is 1. The number of carboxylic acids is 1. The van der Waals surface area contributed by atoms with Gasteiger partial charge in [0, 0.05) is 29.9 Å². The quantitative estimate of drug-likeness (QED) is 0.180. The summed E-state index contributed by atoms with van der Waals surface area (Å²) in [5, 5.41) is 11.6. The largest absolute Gasteiger partial charge is 0.542 e. The number of fused-ring (bicyclic) bond motifs is 3. The van der Waals surface area contributed by atoms with Crippen LogP contribution < -0.4 is 10.4 Å². The molecule has 0 aromatic heterocycles. The number of quaternary nitrogens is 1. The first-order chi connectivity index (χ1) is 20.9. The molecule has 0 radical (unpaired) electrons. The lowest BCUT2D eigenvalue weighted by Crippen LogP contribution is -2.66. The summed E-state index contributed by atoms with van der Waals surface area (Å²) in [6.45, 7) is 2.54. The van der Waals surface area contributed by atoms with Gasteiger partial charge in [0.1, 0.15) is 24.9 Å². The number of ether oxygens (including phenoxy) is 1. The van der Waals surface area contributed by atoms with Crippen molar-refractivity contribution < 1.29 is 51.1 Å². The number of halogens is 4. The van der Waals surface area contributed by atoms with Gasteiger partial charge in [-0.1, -0.05) is 48.5 Å². The standard InChI is InChI=1S/C30H29FN2O4.C2HF3O2/c31-25-13-11-21(12-14-25)26(34)19-33-17-15-22(16-18-33)27(20-33)37-30(36)28(23-7-3-1-4-8-23)32-29(35)24-9-5-2-6-10-24;3-2(4,5)1(6)7/h1-14,22,27-28H,15-20H2;(H,6,7)/t22?,27-,28?,33?;/m0./s1. The molecule has 3 fully saturated rings. The SMILES string of the molecule is O=C(C[N+]12CCC(CC1)[C@@H](OC(=O)C(NC(=O)c1ccccc1)c1ccccc1)C2)c1ccc(F)cc1.O=C([O-])C(F)(F)F. The van der Waals surface area contributed by atoms with E-state index in [2.05, 4.69) is 5.32 Å². The third-order valence-electron chi connectivity index (χ3n) is 7.87. The topological polar surface area (TPSA) is 113 Å². The molecule has 2 bridgehead atoms. The molecule has 3 saturated heterocycles. The molecule has 232 valence electrons. The maximum Gasteiger partial charge on any atom is 0.430 e. The minimum Gasteiger partial charge on any atom is -0.542 e. The summed E-state index contributed by atoms with van der Waals surface area (Å²) in [5.74, 6) is -4.05. The van der Waals surface area contributed by atoms with E-state index in [4.69, 9.17) is 14.6 Å². The van der Waals surface area contributed by atoms with Crippen molar-refractivity contribution in [2.45, 2.75) is 31.2 Å². The number of Topliss-reactive ketones (excluding diaryl/α,β-unsaturated/α-hetero) is 1. The molecule has 1 amide bonds. The van der Waals surface area contributed by atoms with Gasteiger partial charge in [-0.05, 0) is 42.0 Å². The van der Waals surface area contributed by atoms with Gasteiger partial charge in [-0.2, -0.15) is 13.2 Å². The zero-order valence-corrected chi connectivity index (χ0v) is 23.5. The lowest BCUT2D eigenvalue weighted by atomic mass is 9.82. The van der Waals surface area contributed by atoms with Crippen molar-refractivity contribution in [3.63, 3.8) is 0 Å². The van der Waals surface area contributed by atoms with Gasteiger partial charge in [0.05, 0.1) is 13.1 Å². The number of aliphatic carboxylic acids is 1. The molecule has 1 N–H and O–H groups in total. The third-order valence-corrected chi connectivity index (χ3v) is 7.87. The number of piperidine rings is 3. The Labute approximate surface area is 250 Å². The molecule has 3 aliphatic rings. The van der Waals surface area contributed by atoms with Gasteiger partial charge in [-0.25, -0.2) is 9.18 Å². The van der Waals surface area contributed by atoms with Gasteiger partial charge in [-0.15, -0.1) is 0 Å². The highest BCUT2D eigenvalue weighted by Crippen LogP contribution is 2.36. The smallest absolute Gasteiger partial charge is 0.430 e. The van der Waals surface area contributed by atoms with Crippen LogP contribution in [-0.2, 0) is 14.3 Å². The number of nitrogens with one attached hydrogen (secondary N) is 1. The van der Waals surface area contributed by atoms with Crippen LogP contribution in [0.5, 0.6) is 0 Å². The Morgan fingerprint density at radius 2 is 1.41 bits per heavy atom. The number of carbonyl (C=O) groups is 4. The molecule has 44 heavy (non-hydrogen) atoms. The van der Waals surface area contributed by atoms with Crippen LogP contribution in [-0.4, -0.2) is 66.6 Å². The van der Waals surface area contributed by atoms with E-state index >= 15 is 0 Å². The normalized spacial score (nSPS) is 21.3. The van der Waals surface area contributed by atoms with Gasteiger partial charge in [0.15, 0.2) is 12.1 Å². The molecule has 3 heterocycles. The summed E-state index contributed by atoms with van der Waals surface area (Å²) in [6.07, 6.45) is -3.81. The summed E-state index contributed by atoms with van der Waals surface area (Å²) in [6, 6.07) is 22.5. The minimum absolute atomic E-state index is 0.0392. The first-order valence-electron chi connectivity index (χ1n) is 13.9. The summed E-state index contributed by atoms with van der Waals surface area (Å²) in [5.41, 5.74) is 1.60. The lowest BCUT2D eigenvalue weighted by Gasteiger charge is -2.51. The van der Waals surface area contributed by atoms with Crippen LogP contribution in [0.4, 0.5) is 17.6 Å². The Bertz CT molecular complexity index is 1460. The van der Waals surface area contributed by atoms with Crippen LogP contribution in [0.15, 0.2) is 84.9 Å². The maximum atomic E-state index is 13.5. The summed E-state index contributed by atoms with van der Waals surface area (Å²) in [7, 11) is 0. The Kier molecular flexibility index (Phi) is 10.1. The predicted octanol–water partition coefficient (Wildman–Crippen LogP) is 3.63. The molecule has 0 saturated carbocycles. The number of rotatable bonds is 8. The molecule has 12 heteroatoms. The highest BCUT2D eigenvalue weighted by atomic mass is 19.4. The van der Waals surface area contributed by atoms with Crippen LogP contribution in [0.3, 0.4) is 0 Å². The Hall–Kier alpha value is -4.58. The fraction of sp³-hybridized carbons (Fsp3) is 0.312. The number of nitrogens with zero attached hydrogens (tertiary/aromatic N) is 1. The van der Waals surface area contributed by atoms with Crippen molar-refractivity contribution in [3.05, 3.63) is 107 Å². The van der Waals surface area contributed by atoms with E-state index in [9.17, 15) is 31.9 Å². The van der Waals surface area contributed by atoms with Crippen LogP contribution in [0.25, 0.3) is 0 Å². The molecule has 3 aromatic carbocycles. The first-order valence-corrected chi connectivity index (χ1v) is 13.9. The van der Waals surface area contributed by atoms with Crippen LogP contribution >= 0.6 is 0 Å². The molecule has 0 spiro atoms. The summed E-state index contributed by atoms with van der Waals surface area (Å²) in [4.78, 5) is 48.2. The van der Waals surface area contributed by atoms with Crippen molar-refractivity contribution in [1.82, 2.24) is 5.32 Å². The number of esters is 1. The number of carbonyl (C=O) groups excluding carboxylic acids is 4. The molecule has 1 unspecified atom stereocenters. The number of benzene rings is 3. The van der Waals surface area contributed by atoms with E-state index in [0.717, 1.165) is 25.9 Å². The fourth-order valence-corrected chi connectivity index (χ4v) is 5.55. The molecule has 0 aliphatic carbocycles. The van der Waals surface area contributed by atoms with Crippen LogP contribution in [0, 0.1) is 11.7 Å². The Morgan fingerprint density at radius 1 is 0.864 bits per heavy atom. The van der Waals surface area contributed by atoms with Gasteiger partial charge in [0.2, 0.25) is 5.78 Å². The van der Waals surface area contributed by atoms with E-state index in [1.807, 2.05) is 24.3 Å². The maximum absolute atomic E-state index is 13.5. The van der Waals surface area contributed by atoms with E-state index in [0.29, 0.717) is 34.3 Å². The second-order valence-corrected chi connectivity index (χ2v) is 10.8. The van der Waals surface area contributed by atoms with Gasteiger partial charge >= 0.3 is 12.1 Å². The number of hydrogen-bond donors (Lipinski definition) is 1. The monoisotopic (exact) mass is 614 g/mol. The molecular weight excluding hydrogens is 584 g/mol. The average molecular weight is 615 g/mol. The first kappa shape index (κ1) is 32.3. The molecule has 6 rings (SSSR count). The van der Waals surface area contributed by atoms with E-state index in [1.165, 1.54) is 24.3 Å². The van der Waals surface area contributed by atoms with Gasteiger partial charge < -0.3 is 24.4 Å². The van der Waals surface area contributed by atoms with Crippen molar-refractivity contribution in [2.75, 3.05) is 26.2 Å². The Balaban J connectivity index is 0.000000566. The van der Waals surface area contributed by atoms with E-state index in [1.54, 1.807) is 36.4 Å². The lowest BCUT2D eigenvalue weighted by molar-refractivity contribution is -0.938. The predicted molar refractivity (Wildman–Crippen MR) is 147 cm³/mol. The van der Waals surface area contributed by atoms with Crippen LogP contribution in [0.1, 0.15) is 45.2 Å². The molecule has 2 atom stereocenters. The van der Waals surface area contributed by atoms with E-state index < -0.39 is 24.2 Å². The summed E-state index contributed by atoms with van der Waals surface area (Å²) >= 11 is 0. The number of alkyl halides is 3. The zero-order chi connectivity index (χ0) is 31.9. The van der Waals surface area contributed by atoms with Crippen molar-refractivity contribution in [1.29, 1.82) is 0 Å². The second kappa shape index (κ2) is 13.8. The number of ketones is 1. The van der Waals surface area contributed by atoms with Crippen LogP contribution in [0.2, 0.25) is 0 Å². The van der Waals surface area contributed by atoms with Crippen molar-refractivity contribution in [3.8, 4) is 0 Å². The minimum atomic E-state index is -5.19. The molecule has 3 aliphatic heterocycles. The van der Waals surface area contributed by atoms with E-state index in [-0.39, 0.29) is 29.5 Å². The van der Waals surface area contributed by atoms with Gasteiger partial charge in [-0.3, -0.25) is 9.59 Å². The van der Waals surface area contributed by atoms with Crippen molar-refractivity contribution in [2.24, 2.45) is 5.92 Å². The number of hydrogen-bond acceptors (Lipinski definition) is 6. The Morgan fingerprint density at radius 3 is 1.95 bits per heavy atom. The summed E-state index contributed by atoms with van der Waals surface area (Å²) < 4.78 is 51.5. The fourth-order valence-electron chi connectivity index (χ4n) is 5.55. The van der Waals surface area contributed by atoms with Crippen molar-refractivity contribution >= 4 is 23.6 Å². The molecule has 8 nitrogen and oxygen atoms in total. The zero-order valence-electron chi connectivity index (χ0n) is 23.5. The number of amides is 1. The van der Waals surface area contributed by atoms with Gasteiger partial charge in [0.25, 0.3) is 5.91 Å². The average Bonchev–Trinajstić information content (AvgIpc) is 3.01. The molecular formula is C32H30F4N2O6. The highest BCUT2D eigenvalue weighted by molar-refractivity contribution is 5.97. The second-order valence-electron chi connectivity index (χ2n) is 10.8. The molecule has 3 aromatic rings.